The van der Waals surface area contributed by atoms with E-state index in [1.807, 2.05) is 0 Å². The van der Waals surface area contributed by atoms with Gasteiger partial charge >= 0.3 is 12.2 Å². The Hall–Kier alpha value is -2.56. The van der Waals surface area contributed by atoms with Gasteiger partial charge in [0.05, 0.1) is 12.0 Å². The molecule has 41 heavy (non-hydrogen) atoms. The summed E-state index contributed by atoms with van der Waals surface area (Å²) in [6.45, 7) is 2.05. The molecule has 0 spiro atoms. The van der Waals surface area contributed by atoms with Crippen LogP contribution < -0.4 is 4.74 Å². The van der Waals surface area contributed by atoms with Crippen molar-refractivity contribution in [1.29, 1.82) is 0 Å². The maximum atomic E-state index is 14.9. The van der Waals surface area contributed by atoms with Crippen LogP contribution in [0.1, 0.15) is 94.6 Å². The van der Waals surface area contributed by atoms with Crippen molar-refractivity contribution in [2.45, 2.75) is 102 Å². The van der Waals surface area contributed by atoms with E-state index in [2.05, 4.69) is 11.7 Å². The van der Waals surface area contributed by atoms with Gasteiger partial charge in [-0.15, -0.1) is 0 Å². The first-order valence-corrected chi connectivity index (χ1v) is 14.1. The highest BCUT2D eigenvalue weighted by Gasteiger charge is 2.46. The monoisotopic (exact) mass is 594 g/mol. The highest BCUT2D eigenvalue weighted by molar-refractivity contribution is 5.33. The molecule has 0 radical (unpaired) electrons. The van der Waals surface area contributed by atoms with Crippen molar-refractivity contribution in [2.24, 2.45) is 11.8 Å². The topological polar surface area (TPSA) is 38.7 Å². The third kappa shape index (κ3) is 7.45. The molecule has 0 atom stereocenters. The number of unbranched alkanes of at least 4 members (excludes halogenated alkanes) is 1. The summed E-state index contributed by atoms with van der Waals surface area (Å²) >= 11 is 0. The van der Waals surface area contributed by atoms with E-state index in [0.717, 1.165) is 31.4 Å². The quantitative estimate of drug-likeness (QED) is 0.279. The molecule has 2 fully saturated rings. The molecule has 2 aromatic carbocycles. The van der Waals surface area contributed by atoms with Crippen LogP contribution in [0, 0.1) is 35.1 Å². The molecule has 2 aromatic rings. The smallest absolute Gasteiger partial charge is 0.400 e. The van der Waals surface area contributed by atoms with Crippen molar-refractivity contribution < 1.29 is 49.7 Å². The fourth-order valence-electron chi connectivity index (χ4n) is 6.01. The minimum Gasteiger partial charge on any atom is -0.503 e. The Balaban J connectivity index is 1.37. The molecule has 0 bridgehead atoms. The van der Waals surface area contributed by atoms with Gasteiger partial charge in [0.25, 0.3) is 0 Å². The van der Waals surface area contributed by atoms with Crippen molar-refractivity contribution in [3.63, 3.8) is 0 Å². The highest BCUT2D eigenvalue weighted by Crippen LogP contribution is 2.44. The van der Waals surface area contributed by atoms with Crippen LogP contribution in [0.25, 0.3) is 0 Å². The SMILES string of the molecule is CCCCC1CCC(C(F)(F)Oc2cc(F)c(C(F)(F)OC3CCC(c4cc(F)c(O)c(F)c4)CC3)c(F)c2)CC1. The number of rotatable bonds is 10. The van der Waals surface area contributed by atoms with Crippen LogP contribution >= 0.6 is 0 Å². The summed E-state index contributed by atoms with van der Waals surface area (Å²) in [4.78, 5) is 0. The van der Waals surface area contributed by atoms with Gasteiger partial charge in [0, 0.05) is 12.1 Å². The minimum absolute atomic E-state index is 0.00170. The van der Waals surface area contributed by atoms with Gasteiger partial charge in [-0.2, -0.15) is 17.6 Å². The lowest BCUT2D eigenvalue weighted by atomic mass is 9.79. The van der Waals surface area contributed by atoms with E-state index >= 15 is 0 Å². The van der Waals surface area contributed by atoms with Gasteiger partial charge < -0.3 is 14.6 Å². The molecular formula is C30H34F8O3. The van der Waals surface area contributed by atoms with Crippen molar-refractivity contribution in [3.05, 3.63) is 58.7 Å². The maximum Gasteiger partial charge on any atom is 0.400 e. The van der Waals surface area contributed by atoms with E-state index in [0.29, 0.717) is 30.9 Å². The van der Waals surface area contributed by atoms with Gasteiger partial charge in [-0.1, -0.05) is 26.2 Å². The molecule has 2 saturated carbocycles. The van der Waals surface area contributed by atoms with Crippen molar-refractivity contribution in [3.8, 4) is 11.5 Å². The average molecular weight is 595 g/mol. The standard InChI is InChI=1S/C30H34F8O3/c1-2-3-4-17-5-9-20(10-6-17)29(35,36)41-22-15-23(31)27(24(32)16-22)30(37,38)40-21-11-7-18(8-12-21)19-13-25(33)28(39)26(34)14-19/h13-18,20-21,39H,2-12H2,1H3. The van der Waals surface area contributed by atoms with Gasteiger partial charge in [-0.25, -0.2) is 17.6 Å². The molecule has 0 heterocycles. The summed E-state index contributed by atoms with van der Waals surface area (Å²) in [7, 11) is 0. The number of alkyl halides is 4. The second-order valence-electron chi connectivity index (χ2n) is 11.2. The molecule has 2 aliphatic carbocycles. The summed E-state index contributed by atoms with van der Waals surface area (Å²) in [6, 6.07) is 2.55. The summed E-state index contributed by atoms with van der Waals surface area (Å²) in [5, 5.41) is 9.26. The first kappa shape index (κ1) is 31.4. The summed E-state index contributed by atoms with van der Waals surface area (Å²) in [5.74, 6) is -9.06. The lowest BCUT2D eigenvalue weighted by molar-refractivity contribution is -0.280. The highest BCUT2D eigenvalue weighted by atomic mass is 19.3. The number of phenolic OH excluding ortho intramolecular Hbond substituents is 1. The van der Waals surface area contributed by atoms with E-state index < -0.39 is 70.5 Å². The molecule has 4 rings (SSSR count). The average Bonchev–Trinajstić information content (AvgIpc) is 2.90. The van der Waals surface area contributed by atoms with Crippen LogP contribution in [0.5, 0.6) is 11.5 Å². The minimum atomic E-state index is -4.42. The normalized spacial score (nSPS) is 23.9. The van der Waals surface area contributed by atoms with E-state index in [-0.39, 0.29) is 44.1 Å². The third-order valence-electron chi connectivity index (χ3n) is 8.35. The first-order chi connectivity index (χ1) is 19.3. The molecule has 228 valence electrons. The molecule has 0 saturated heterocycles. The molecular weight excluding hydrogens is 560 g/mol. The van der Waals surface area contributed by atoms with Crippen molar-refractivity contribution >= 4 is 0 Å². The zero-order chi connectivity index (χ0) is 29.9. The molecule has 0 aliphatic heterocycles. The van der Waals surface area contributed by atoms with Crippen LogP contribution in [0.3, 0.4) is 0 Å². The third-order valence-corrected chi connectivity index (χ3v) is 8.35. The Morgan fingerprint density at radius 2 is 1.34 bits per heavy atom. The maximum absolute atomic E-state index is 14.9. The number of benzene rings is 2. The van der Waals surface area contributed by atoms with Crippen LogP contribution in [-0.4, -0.2) is 17.3 Å². The lowest BCUT2D eigenvalue weighted by Gasteiger charge is -2.33. The molecule has 11 heteroatoms. The Labute approximate surface area is 233 Å². The van der Waals surface area contributed by atoms with Crippen LogP contribution in [0.15, 0.2) is 24.3 Å². The van der Waals surface area contributed by atoms with E-state index in [4.69, 9.17) is 4.74 Å². The number of halogens is 8. The molecule has 0 unspecified atom stereocenters. The van der Waals surface area contributed by atoms with Gasteiger partial charge in [-0.05, 0) is 80.9 Å². The second-order valence-corrected chi connectivity index (χ2v) is 11.2. The molecule has 1 N–H and O–H groups in total. The van der Waals surface area contributed by atoms with Crippen molar-refractivity contribution in [1.82, 2.24) is 0 Å². The van der Waals surface area contributed by atoms with Gasteiger partial charge in [0.15, 0.2) is 17.4 Å². The molecule has 0 aromatic heterocycles. The number of hydrogen-bond acceptors (Lipinski definition) is 3. The Bertz CT molecular complexity index is 1140. The Morgan fingerprint density at radius 3 is 1.88 bits per heavy atom. The molecule has 0 amide bonds. The number of ether oxygens (including phenoxy) is 2. The van der Waals surface area contributed by atoms with Gasteiger partial charge in [0.1, 0.15) is 22.9 Å². The second kappa shape index (κ2) is 12.8. The predicted octanol–water partition coefficient (Wildman–Crippen LogP) is 9.71. The number of phenols is 1. The Morgan fingerprint density at radius 1 is 0.780 bits per heavy atom. The summed E-state index contributed by atoms with van der Waals surface area (Å²) in [6.07, 6.45) is -4.31. The largest absolute Gasteiger partial charge is 0.503 e. The zero-order valence-corrected chi connectivity index (χ0v) is 22.7. The summed E-state index contributed by atoms with van der Waals surface area (Å²) < 4.78 is 126. The summed E-state index contributed by atoms with van der Waals surface area (Å²) in [5.41, 5.74) is -1.47. The lowest BCUT2D eigenvalue weighted by Crippen LogP contribution is -2.37. The number of aromatic hydroxyl groups is 1. The van der Waals surface area contributed by atoms with Crippen LogP contribution in [0.4, 0.5) is 35.1 Å². The van der Waals surface area contributed by atoms with E-state index in [1.165, 1.54) is 0 Å². The van der Waals surface area contributed by atoms with Gasteiger partial charge in [0.2, 0.25) is 0 Å². The van der Waals surface area contributed by atoms with E-state index in [9.17, 15) is 40.2 Å². The van der Waals surface area contributed by atoms with Crippen LogP contribution in [0.2, 0.25) is 0 Å². The van der Waals surface area contributed by atoms with E-state index in [1.54, 1.807) is 0 Å². The fourth-order valence-corrected chi connectivity index (χ4v) is 6.01. The van der Waals surface area contributed by atoms with Crippen LogP contribution in [-0.2, 0) is 10.8 Å². The molecule has 3 nitrogen and oxygen atoms in total. The first-order valence-electron chi connectivity index (χ1n) is 14.1. The van der Waals surface area contributed by atoms with Gasteiger partial charge in [-0.3, -0.25) is 0 Å². The molecule has 2 aliphatic rings. The Kier molecular flexibility index (Phi) is 9.76. The number of hydrogen-bond donors (Lipinski definition) is 1. The zero-order valence-electron chi connectivity index (χ0n) is 22.7. The van der Waals surface area contributed by atoms with Crippen molar-refractivity contribution in [2.75, 3.05) is 0 Å². The fraction of sp³-hybridized carbons (Fsp3) is 0.600. The predicted molar refractivity (Wildman–Crippen MR) is 135 cm³/mol.